The maximum atomic E-state index is 6.22. The average molecular weight is 219 g/mol. The molecule has 3 nitrogen and oxygen atoms in total. The highest BCUT2D eigenvalue weighted by Gasteiger charge is 2.37. The van der Waals surface area contributed by atoms with E-state index in [9.17, 15) is 0 Å². The summed E-state index contributed by atoms with van der Waals surface area (Å²) < 4.78 is 0. The molecule has 0 unspecified atom stereocenters. The molecular formula is C13H21N3. The van der Waals surface area contributed by atoms with Crippen molar-refractivity contribution in [1.82, 2.24) is 9.88 Å². The Morgan fingerprint density at radius 2 is 2.06 bits per heavy atom. The van der Waals surface area contributed by atoms with Gasteiger partial charge in [-0.25, -0.2) is 0 Å². The maximum absolute atomic E-state index is 6.22. The van der Waals surface area contributed by atoms with Gasteiger partial charge in [-0.3, -0.25) is 9.88 Å². The number of hydrogen-bond acceptors (Lipinski definition) is 3. The number of likely N-dealkylation sites (tertiary alicyclic amines) is 1. The maximum Gasteiger partial charge on any atom is 0.0412 e. The van der Waals surface area contributed by atoms with Crippen molar-refractivity contribution in [1.29, 1.82) is 0 Å². The van der Waals surface area contributed by atoms with Gasteiger partial charge in [-0.05, 0) is 30.5 Å². The van der Waals surface area contributed by atoms with Gasteiger partial charge in [0.1, 0.15) is 0 Å². The molecule has 0 spiro atoms. The van der Waals surface area contributed by atoms with Gasteiger partial charge in [-0.1, -0.05) is 13.3 Å². The third kappa shape index (κ3) is 2.80. The van der Waals surface area contributed by atoms with Crippen LogP contribution in [0, 0.1) is 0 Å². The molecule has 16 heavy (non-hydrogen) atoms. The Morgan fingerprint density at radius 1 is 1.38 bits per heavy atom. The van der Waals surface area contributed by atoms with Crippen molar-refractivity contribution in [2.24, 2.45) is 5.73 Å². The van der Waals surface area contributed by atoms with Gasteiger partial charge < -0.3 is 5.73 Å². The molecule has 1 aromatic heterocycles. The van der Waals surface area contributed by atoms with Gasteiger partial charge in [0, 0.05) is 37.6 Å². The van der Waals surface area contributed by atoms with Crippen LogP contribution < -0.4 is 5.73 Å². The number of rotatable bonds is 5. The van der Waals surface area contributed by atoms with Crippen molar-refractivity contribution in [2.45, 2.75) is 31.7 Å². The number of pyridine rings is 1. The summed E-state index contributed by atoms with van der Waals surface area (Å²) in [6.45, 7) is 5.44. The number of hydrogen-bond donors (Lipinski definition) is 1. The number of nitrogens with two attached hydrogens (primary N) is 1. The topological polar surface area (TPSA) is 42.1 Å². The van der Waals surface area contributed by atoms with Crippen LogP contribution in [0.3, 0.4) is 0 Å². The summed E-state index contributed by atoms with van der Waals surface area (Å²) in [6.07, 6.45) is 7.16. The van der Waals surface area contributed by atoms with Crippen LogP contribution >= 0.6 is 0 Å². The van der Waals surface area contributed by atoms with Gasteiger partial charge in [0.15, 0.2) is 0 Å². The minimum absolute atomic E-state index is 0.104. The summed E-state index contributed by atoms with van der Waals surface area (Å²) >= 11 is 0. The van der Waals surface area contributed by atoms with Crippen LogP contribution in [0.15, 0.2) is 24.5 Å². The summed E-state index contributed by atoms with van der Waals surface area (Å²) in [4.78, 5) is 6.46. The zero-order valence-electron chi connectivity index (χ0n) is 10.0. The molecule has 0 aliphatic carbocycles. The third-order valence-corrected chi connectivity index (χ3v) is 3.29. The molecule has 1 saturated heterocycles. The van der Waals surface area contributed by atoms with Gasteiger partial charge in [0.25, 0.3) is 0 Å². The minimum atomic E-state index is 0.104. The SMILES string of the molecule is CCCC1(N)CN(CCc2ccncc2)C1. The van der Waals surface area contributed by atoms with Gasteiger partial charge in [0.05, 0.1) is 0 Å². The van der Waals surface area contributed by atoms with Crippen LogP contribution in [-0.2, 0) is 6.42 Å². The first-order valence-electron chi connectivity index (χ1n) is 6.12. The summed E-state index contributed by atoms with van der Waals surface area (Å²) in [5.74, 6) is 0. The van der Waals surface area contributed by atoms with E-state index >= 15 is 0 Å². The normalized spacial score (nSPS) is 19.4. The molecule has 1 fully saturated rings. The van der Waals surface area contributed by atoms with Crippen LogP contribution in [0.4, 0.5) is 0 Å². The van der Waals surface area contributed by atoms with Crippen LogP contribution in [0.1, 0.15) is 25.3 Å². The van der Waals surface area contributed by atoms with Crippen molar-refractivity contribution in [3.05, 3.63) is 30.1 Å². The smallest absolute Gasteiger partial charge is 0.0412 e. The van der Waals surface area contributed by atoms with E-state index in [0.717, 1.165) is 32.5 Å². The second-order valence-corrected chi connectivity index (χ2v) is 4.93. The van der Waals surface area contributed by atoms with Crippen molar-refractivity contribution in [2.75, 3.05) is 19.6 Å². The van der Waals surface area contributed by atoms with E-state index in [1.165, 1.54) is 12.0 Å². The molecule has 1 aliphatic rings. The van der Waals surface area contributed by atoms with Crippen molar-refractivity contribution >= 4 is 0 Å². The predicted octanol–water partition coefficient (Wildman–Crippen LogP) is 1.44. The van der Waals surface area contributed by atoms with Crippen molar-refractivity contribution in [3.63, 3.8) is 0 Å². The largest absolute Gasteiger partial charge is 0.323 e. The Hall–Kier alpha value is -0.930. The summed E-state index contributed by atoms with van der Waals surface area (Å²) in [6, 6.07) is 4.17. The fraction of sp³-hybridized carbons (Fsp3) is 0.615. The van der Waals surface area contributed by atoms with E-state index in [1.54, 1.807) is 0 Å². The number of aromatic nitrogens is 1. The van der Waals surface area contributed by atoms with Crippen LogP contribution in [0.25, 0.3) is 0 Å². The van der Waals surface area contributed by atoms with Crippen LogP contribution in [0.5, 0.6) is 0 Å². The van der Waals surface area contributed by atoms with Crippen LogP contribution in [0.2, 0.25) is 0 Å². The van der Waals surface area contributed by atoms with Crippen molar-refractivity contribution in [3.8, 4) is 0 Å². The zero-order valence-corrected chi connectivity index (χ0v) is 10.0. The zero-order chi connectivity index (χ0) is 11.4. The molecule has 2 N–H and O–H groups in total. The summed E-state index contributed by atoms with van der Waals surface area (Å²) in [5.41, 5.74) is 7.69. The Labute approximate surface area is 97.7 Å². The molecule has 0 bridgehead atoms. The lowest BCUT2D eigenvalue weighted by molar-refractivity contribution is 0.0652. The Balaban J connectivity index is 1.70. The van der Waals surface area contributed by atoms with Crippen LogP contribution in [-0.4, -0.2) is 35.1 Å². The molecule has 88 valence electrons. The molecule has 0 amide bonds. The third-order valence-electron chi connectivity index (χ3n) is 3.29. The molecule has 2 rings (SSSR count). The standard InChI is InChI=1S/C13H21N3/c1-2-6-13(14)10-16(11-13)9-5-12-3-7-15-8-4-12/h3-4,7-8H,2,5-6,9-11,14H2,1H3. The van der Waals surface area contributed by atoms with Gasteiger partial charge >= 0.3 is 0 Å². The van der Waals surface area contributed by atoms with Gasteiger partial charge in [-0.2, -0.15) is 0 Å². The van der Waals surface area contributed by atoms with Crippen molar-refractivity contribution < 1.29 is 0 Å². The van der Waals surface area contributed by atoms with E-state index < -0.39 is 0 Å². The molecule has 1 aliphatic heterocycles. The lowest BCUT2D eigenvalue weighted by atomic mass is 9.86. The lowest BCUT2D eigenvalue weighted by Crippen LogP contribution is -2.67. The van der Waals surface area contributed by atoms with E-state index in [0.29, 0.717) is 0 Å². The Bertz CT molecular complexity index is 317. The van der Waals surface area contributed by atoms with Gasteiger partial charge in [0.2, 0.25) is 0 Å². The minimum Gasteiger partial charge on any atom is -0.323 e. The predicted molar refractivity (Wildman–Crippen MR) is 66.2 cm³/mol. The summed E-state index contributed by atoms with van der Waals surface area (Å²) in [7, 11) is 0. The molecule has 0 radical (unpaired) electrons. The molecule has 0 atom stereocenters. The molecule has 2 heterocycles. The fourth-order valence-electron chi connectivity index (χ4n) is 2.50. The Kier molecular flexibility index (Phi) is 3.56. The molecule has 0 aromatic carbocycles. The first kappa shape index (κ1) is 11.6. The number of nitrogens with zero attached hydrogens (tertiary/aromatic N) is 2. The highest BCUT2D eigenvalue weighted by molar-refractivity contribution is 5.10. The molecule has 1 aromatic rings. The molecular weight excluding hydrogens is 198 g/mol. The van der Waals surface area contributed by atoms with E-state index in [1.807, 2.05) is 12.4 Å². The summed E-state index contributed by atoms with van der Waals surface area (Å²) in [5, 5.41) is 0. The second kappa shape index (κ2) is 4.93. The monoisotopic (exact) mass is 219 g/mol. The first-order chi connectivity index (χ1) is 7.72. The van der Waals surface area contributed by atoms with Gasteiger partial charge in [-0.15, -0.1) is 0 Å². The van der Waals surface area contributed by atoms with E-state index in [-0.39, 0.29) is 5.54 Å². The first-order valence-corrected chi connectivity index (χ1v) is 6.12. The highest BCUT2D eigenvalue weighted by atomic mass is 15.2. The highest BCUT2D eigenvalue weighted by Crippen LogP contribution is 2.23. The molecule has 0 saturated carbocycles. The molecule has 3 heteroatoms. The Morgan fingerprint density at radius 3 is 2.69 bits per heavy atom. The van der Waals surface area contributed by atoms with E-state index in [2.05, 4.69) is 28.9 Å². The quantitative estimate of drug-likeness (QED) is 0.814. The second-order valence-electron chi connectivity index (χ2n) is 4.93. The van der Waals surface area contributed by atoms with E-state index in [4.69, 9.17) is 5.73 Å². The lowest BCUT2D eigenvalue weighted by Gasteiger charge is -2.48. The average Bonchev–Trinajstić information content (AvgIpc) is 2.25. The fourth-order valence-corrected chi connectivity index (χ4v) is 2.50.